The van der Waals surface area contributed by atoms with Crippen molar-refractivity contribution in [2.45, 2.75) is 18.7 Å². The molecule has 0 aliphatic rings. The summed E-state index contributed by atoms with van der Waals surface area (Å²) in [5, 5.41) is 2.30. The van der Waals surface area contributed by atoms with E-state index in [1.165, 1.54) is 12.1 Å². The first kappa shape index (κ1) is 14.1. The van der Waals surface area contributed by atoms with E-state index in [1.54, 1.807) is 26.1 Å². The Hall–Kier alpha value is -0.980. The van der Waals surface area contributed by atoms with Crippen molar-refractivity contribution in [1.82, 2.24) is 10.0 Å². The van der Waals surface area contributed by atoms with E-state index in [2.05, 4.69) is 10.0 Å². The van der Waals surface area contributed by atoms with E-state index in [9.17, 15) is 12.8 Å². The van der Waals surface area contributed by atoms with E-state index in [1.807, 2.05) is 0 Å². The monoisotopic (exact) mass is 260 g/mol. The molecule has 6 heteroatoms. The zero-order valence-electron chi connectivity index (χ0n) is 9.90. The Kier molecular flexibility index (Phi) is 5.04. The molecule has 2 N–H and O–H groups in total. The van der Waals surface area contributed by atoms with Gasteiger partial charge in [0.2, 0.25) is 10.0 Å². The molecule has 0 aliphatic carbocycles. The topological polar surface area (TPSA) is 58.2 Å². The quantitative estimate of drug-likeness (QED) is 0.797. The van der Waals surface area contributed by atoms with E-state index < -0.39 is 15.3 Å². The molecule has 0 fully saturated rings. The fourth-order valence-corrected chi connectivity index (χ4v) is 2.36. The highest BCUT2D eigenvalue weighted by atomic mass is 32.2. The minimum Gasteiger partial charge on any atom is -0.318 e. The predicted molar refractivity (Wildman–Crippen MR) is 65.5 cm³/mol. The molecule has 0 radical (unpaired) electrons. The zero-order chi connectivity index (χ0) is 12.9. The summed E-state index contributed by atoms with van der Waals surface area (Å²) >= 11 is 0. The normalized spacial score (nSPS) is 13.6. The molecule has 0 aliphatic heterocycles. The van der Waals surface area contributed by atoms with Crippen LogP contribution in [0.2, 0.25) is 0 Å². The Morgan fingerprint density at radius 3 is 2.41 bits per heavy atom. The molecule has 1 aromatic rings. The van der Waals surface area contributed by atoms with Gasteiger partial charge in [0, 0.05) is 13.1 Å². The van der Waals surface area contributed by atoms with Crippen LogP contribution >= 0.6 is 0 Å². The van der Waals surface area contributed by atoms with E-state index in [0.29, 0.717) is 6.54 Å². The number of hydrogen-bond donors (Lipinski definition) is 2. The summed E-state index contributed by atoms with van der Waals surface area (Å²) in [4.78, 5) is 0. The van der Waals surface area contributed by atoms with Gasteiger partial charge in [0.15, 0.2) is 0 Å². The number of nitrogens with one attached hydrogen (secondary N) is 2. The summed E-state index contributed by atoms with van der Waals surface area (Å²) in [5.74, 6) is -0.333. The average molecular weight is 260 g/mol. The second kappa shape index (κ2) is 6.09. The van der Waals surface area contributed by atoms with Crippen molar-refractivity contribution < 1.29 is 12.8 Å². The van der Waals surface area contributed by atoms with Crippen LogP contribution in [0.25, 0.3) is 0 Å². The smallest absolute Gasteiger partial charge is 0.215 e. The van der Waals surface area contributed by atoms with Crippen molar-refractivity contribution in [3.8, 4) is 0 Å². The standard InChI is InChI=1S/C11H17FN2O2S/c1-9(7-13-2)17(15,16)14-8-10-3-5-11(12)6-4-10/h3-6,9,13-14H,7-8H2,1-2H3. The Morgan fingerprint density at radius 1 is 1.29 bits per heavy atom. The molecule has 4 nitrogen and oxygen atoms in total. The number of benzene rings is 1. The summed E-state index contributed by atoms with van der Waals surface area (Å²) in [5.41, 5.74) is 0.728. The van der Waals surface area contributed by atoms with Crippen molar-refractivity contribution in [1.29, 1.82) is 0 Å². The van der Waals surface area contributed by atoms with Gasteiger partial charge in [-0.15, -0.1) is 0 Å². The Bertz CT molecular complexity index is 445. The maximum Gasteiger partial charge on any atom is 0.215 e. The Balaban J connectivity index is 2.58. The van der Waals surface area contributed by atoms with Crippen LogP contribution in [0.1, 0.15) is 12.5 Å². The molecule has 0 heterocycles. The summed E-state index contributed by atoms with van der Waals surface area (Å²) in [7, 11) is -1.64. The first-order chi connectivity index (χ1) is 7.95. The van der Waals surface area contributed by atoms with Gasteiger partial charge in [-0.3, -0.25) is 0 Å². The van der Waals surface area contributed by atoms with Crippen LogP contribution in [-0.2, 0) is 16.6 Å². The molecule has 1 rings (SSSR count). The predicted octanol–water partition coefficient (Wildman–Crippen LogP) is 0.853. The molecule has 17 heavy (non-hydrogen) atoms. The molecule has 0 saturated heterocycles. The zero-order valence-corrected chi connectivity index (χ0v) is 10.7. The fourth-order valence-electron chi connectivity index (χ4n) is 1.33. The first-order valence-corrected chi connectivity index (χ1v) is 6.88. The SMILES string of the molecule is CNCC(C)S(=O)(=O)NCc1ccc(F)cc1. The third kappa shape index (κ3) is 4.41. The number of hydrogen-bond acceptors (Lipinski definition) is 3. The van der Waals surface area contributed by atoms with Crippen molar-refractivity contribution in [3.63, 3.8) is 0 Å². The lowest BCUT2D eigenvalue weighted by Crippen LogP contribution is -2.37. The molecule has 0 saturated carbocycles. The number of sulfonamides is 1. The Labute approximate surface area is 101 Å². The van der Waals surface area contributed by atoms with Crippen LogP contribution in [-0.4, -0.2) is 27.3 Å². The minimum absolute atomic E-state index is 0.177. The minimum atomic E-state index is -3.34. The van der Waals surface area contributed by atoms with Crippen molar-refractivity contribution >= 4 is 10.0 Å². The van der Waals surface area contributed by atoms with Gasteiger partial charge < -0.3 is 5.32 Å². The van der Waals surface area contributed by atoms with Gasteiger partial charge in [0.25, 0.3) is 0 Å². The summed E-state index contributed by atoms with van der Waals surface area (Å²) in [6.07, 6.45) is 0. The molecule has 1 atom stereocenters. The molecule has 0 bridgehead atoms. The average Bonchev–Trinajstić information content (AvgIpc) is 2.29. The largest absolute Gasteiger partial charge is 0.318 e. The van der Waals surface area contributed by atoms with Gasteiger partial charge >= 0.3 is 0 Å². The molecular weight excluding hydrogens is 243 g/mol. The highest BCUT2D eigenvalue weighted by Gasteiger charge is 2.18. The van der Waals surface area contributed by atoms with Crippen LogP contribution < -0.4 is 10.0 Å². The van der Waals surface area contributed by atoms with Gasteiger partial charge in [-0.1, -0.05) is 12.1 Å². The van der Waals surface area contributed by atoms with E-state index in [-0.39, 0.29) is 12.4 Å². The van der Waals surface area contributed by atoms with E-state index in [0.717, 1.165) is 5.56 Å². The summed E-state index contributed by atoms with van der Waals surface area (Å²) in [6.45, 7) is 2.19. The lowest BCUT2D eigenvalue weighted by Gasteiger charge is -2.13. The fraction of sp³-hybridized carbons (Fsp3) is 0.455. The molecule has 96 valence electrons. The molecule has 1 unspecified atom stereocenters. The molecule has 0 aromatic heterocycles. The van der Waals surface area contributed by atoms with Crippen LogP contribution in [0.3, 0.4) is 0 Å². The number of halogens is 1. The second-order valence-electron chi connectivity index (χ2n) is 3.86. The van der Waals surface area contributed by atoms with E-state index >= 15 is 0 Å². The van der Waals surface area contributed by atoms with E-state index in [4.69, 9.17) is 0 Å². The van der Waals surface area contributed by atoms with Crippen LogP contribution in [0.15, 0.2) is 24.3 Å². The molecule has 0 amide bonds. The third-order valence-electron chi connectivity index (χ3n) is 2.41. The van der Waals surface area contributed by atoms with Crippen molar-refractivity contribution in [2.75, 3.05) is 13.6 Å². The Morgan fingerprint density at radius 2 is 1.88 bits per heavy atom. The van der Waals surface area contributed by atoms with Gasteiger partial charge in [0.1, 0.15) is 5.82 Å². The van der Waals surface area contributed by atoms with Crippen LogP contribution in [0, 0.1) is 5.82 Å². The van der Waals surface area contributed by atoms with Crippen LogP contribution in [0.4, 0.5) is 4.39 Å². The lowest BCUT2D eigenvalue weighted by molar-refractivity contribution is 0.563. The van der Waals surface area contributed by atoms with Gasteiger partial charge in [-0.05, 0) is 31.7 Å². The second-order valence-corrected chi connectivity index (χ2v) is 6.04. The van der Waals surface area contributed by atoms with Crippen molar-refractivity contribution in [3.05, 3.63) is 35.6 Å². The van der Waals surface area contributed by atoms with Gasteiger partial charge in [0.05, 0.1) is 5.25 Å². The highest BCUT2D eigenvalue weighted by Crippen LogP contribution is 2.04. The maximum absolute atomic E-state index is 12.6. The molecule has 0 spiro atoms. The van der Waals surface area contributed by atoms with Crippen molar-refractivity contribution in [2.24, 2.45) is 0 Å². The molecular formula is C11H17FN2O2S. The lowest BCUT2D eigenvalue weighted by atomic mass is 10.2. The third-order valence-corrected chi connectivity index (χ3v) is 4.18. The highest BCUT2D eigenvalue weighted by molar-refractivity contribution is 7.90. The summed E-state index contributed by atoms with van der Waals surface area (Å²) < 4.78 is 38.6. The maximum atomic E-state index is 12.6. The first-order valence-electron chi connectivity index (χ1n) is 5.33. The number of rotatable bonds is 6. The summed E-state index contributed by atoms with van der Waals surface area (Å²) in [6, 6.07) is 5.72. The van der Waals surface area contributed by atoms with Gasteiger partial charge in [-0.25, -0.2) is 17.5 Å². The van der Waals surface area contributed by atoms with Crippen LogP contribution in [0.5, 0.6) is 0 Å². The molecule has 1 aromatic carbocycles. The van der Waals surface area contributed by atoms with Gasteiger partial charge in [-0.2, -0.15) is 0 Å².